The molecule has 0 fully saturated rings. The van der Waals surface area contributed by atoms with E-state index in [1.54, 1.807) is 29.2 Å². The highest BCUT2D eigenvalue weighted by molar-refractivity contribution is 5.96. The van der Waals surface area contributed by atoms with E-state index in [9.17, 15) is 10.0 Å². The zero-order valence-corrected chi connectivity index (χ0v) is 13.7. The van der Waals surface area contributed by atoms with Gasteiger partial charge in [0, 0.05) is 24.4 Å². The number of carbonyl (C=O) groups is 1. The number of para-hydroxylation sites is 1. The molecule has 0 spiro atoms. The molecule has 0 unspecified atom stereocenters. The highest BCUT2D eigenvalue weighted by atomic mass is 16.5. The van der Waals surface area contributed by atoms with Gasteiger partial charge in [0.15, 0.2) is 12.8 Å². The Morgan fingerprint density at radius 2 is 2.00 bits per heavy atom. The summed E-state index contributed by atoms with van der Waals surface area (Å²) < 4.78 is 6.56. The Morgan fingerprint density at radius 1 is 1.12 bits per heavy atom. The summed E-state index contributed by atoms with van der Waals surface area (Å²) in [6, 6.07) is 16.7. The summed E-state index contributed by atoms with van der Waals surface area (Å²) in [6.45, 7) is 0.649. The van der Waals surface area contributed by atoms with Gasteiger partial charge in [0.25, 0.3) is 5.91 Å². The van der Waals surface area contributed by atoms with Crippen molar-refractivity contribution in [1.82, 2.24) is 0 Å². The predicted molar refractivity (Wildman–Crippen MR) is 95.5 cm³/mol. The normalized spacial score (nSPS) is 13.5. The van der Waals surface area contributed by atoms with Gasteiger partial charge in [-0.25, -0.2) is 0 Å². The van der Waals surface area contributed by atoms with Crippen molar-refractivity contribution in [3.8, 4) is 5.75 Å². The van der Waals surface area contributed by atoms with Crippen LogP contribution in [0.3, 0.4) is 0 Å². The fourth-order valence-electron chi connectivity index (χ4n) is 3.33. The lowest BCUT2D eigenvalue weighted by atomic mass is 10.0. The van der Waals surface area contributed by atoms with E-state index in [1.807, 2.05) is 24.3 Å². The molecule has 0 atom stereocenters. The van der Waals surface area contributed by atoms with Crippen molar-refractivity contribution >= 4 is 22.5 Å². The molecule has 0 radical (unpaired) electrons. The number of ether oxygens (including phenoxy) is 1. The van der Waals surface area contributed by atoms with Crippen LogP contribution in [0.5, 0.6) is 5.75 Å². The van der Waals surface area contributed by atoms with Crippen LogP contribution >= 0.6 is 0 Å². The summed E-state index contributed by atoms with van der Waals surface area (Å²) in [5.41, 5.74) is 2.69. The van der Waals surface area contributed by atoms with Gasteiger partial charge in [-0.3, -0.25) is 4.79 Å². The number of benzene rings is 2. The third kappa shape index (κ3) is 2.89. The first kappa shape index (κ1) is 15.4. The van der Waals surface area contributed by atoms with Crippen molar-refractivity contribution in [3.05, 3.63) is 71.6 Å². The van der Waals surface area contributed by atoms with Gasteiger partial charge in [0.1, 0.15) is 5.75 Å². The first-order valence-electron chi connectivity index (χ1n) is 8.36. The number of aryl methyl sites for hydroxylation is 1. The van der Waals surface area contributed by atoms with Crippen molar-refractivity contribution in [3.63, 3.8) is 0 Å². The number of amides is 1. The average molecular weight is 334 g/mol. The fraction of sp³-hybridized carbons (Fsp3) is 0.200. The summed E-state index contributed by atoms with van der Waals surface area (Å²) >= 11 is 0. The maximum Gasteiger partial charge on any atom is 0.264 e. The Kier molecular flexibility index (Phi) is 3.98. The molecule has 5 heteroatoms. The Morgan fingerprint density at radius 3 is 2.92 bits per heavy atom. The van der Waals surface area contributed by atoms with Crippen LogP contribution in [0.2, 0.25) is 0 Å². The van der Waals surface area contributed by atoms with Crippen molar-refractivity contribution in [2.75, 3.05) is 18.1 Å². The Balaban J connectivity index is 1.55. The molecule has 4 rings (SSSR count). The SMILES string of the molecule is O=C(COc1cccc2c1ccc[n+]2[O-])N1CCCc2ccccc21. The molecule has 0 saturated heterocycles. The highest BCUT2D eigenvalue weighted by Crippen LogP contribution is 2.27. The molecular formula is C20H18N2O3. The number of anilines is 1. The molecule has 0 bridgehead atoms. The zero-order valence-electron chi connectivity index (χ0n) is 13.7. The number of hydrogen-bond donors (Lipinski definition) is 0. The smallest absolute Gasteiger partial charge is 0.264 e. The Labute approximate surface area is 145 Å². The van der Waals surface area contributed by atoms with E-state index < -0.39 is 0 Å². The van der Waals surface area contributed by atoms with E-state index in [4.69, 9.17) is 4.74 Å². The predicted octanol–water partition coefficient (Wildman–Crippen LogP) is 2.83. The topological polar surface area (TPSA) is 56.5 Å². The van der Waals surface area contributed by atoms with E-state index in [0.717, 1.165) is 23.3 Å². The third-order valence-electron chi connectivity index (χ3n) is 4.53. The van der Waals surface area contributed by atoms with Crippen LogP contribution in [0.15, 0.2) is 60.8 Å². The van der Waals surface area contributed by atoms with Crippen LogP contribution in [0.4, 0.5) is 5.69 Å². The first-order chi connectivity index (χ1) is 12.2. The largest absolute Gasteiger partial charge is 0.618 e. The number of fused-ring (bicyclic) bond motifs is 2. The molecule has 3 aromatic rings. The van der Waals surface area contributed by atoms with Crippen LogP contribution in [-0.2, 0) is 11.2 Å². The lowest BCUT2D eigenvalue weighted by Crippen LogP contribution is -2.38. The van der Waals surface area contributed by atoms with Crippen molar-refractivity contribution in [2.24, 2.45) is 0 Å². The van der Waals surface area contributed by atoms with Crippen LogP contribution in [-0.4, -0.2) is 19.1 Å². The minimum absolute atomic E-state index is 0.0544. The third-order valence-corrected chi connectivity index (χ3v) is 4.53. The minimum atomic E-state index is -0.0740. The van der Waals surface area contributed by atoms with E-state index in [2.05, 4.69) is 6.07 Å². The van der Waals surface area contributed by atoms with E-state index in [0.29, 0.717) is 23.2 Å². The fourth-order valence-corrected chi connectivity index (χ4v) is 3.33. The van der Waals surface area contributed by atoms with Crippen LogP contribution < -0.4 is 14.4 Å². The summed E-state index contributed by atoms with van der Waals surface area (Å²) in [5.74, 6) is 0.469. The van der Waals surface area contributed by atoms with Gasteiger partial charge in [-0.2, -0.15) is 4.73 Å². The molecule has 0 N–H and O–H groups in total. The quantitative estimate of drug-likeness (QED) is 0.547. The number of aromatic nitrogens is 1. The number of nitrogens with zero attached hydrogens (tertiary/aromatic N) is 2. The molecule has 1 amide bonds. The van der Waals surface area contributed by atoms with E-state index >= 15 is 0 Å². The second-order valence-electron chi connectivity index (χ2n) is 6.09. The highest BCUT2D eigenvalue weighted by Gasteiger charge is 2.22. The number of rotatable bonds is 3. The molecule has 1 aliphatic rings. The average Bonchev–Trinajstić information content (AvgIpc) is 2.66. The standard InChI is InChI=1S/C20H18N2O3/c23-20(21-12-4-7-15-6-1-2-9-17(15)21)14-25-19-11-3-10-18-16(19)8-5-13-22(18)24/h1-3,5-6,8-11,13H,4,7,12,14H2. The second kappa shape index (κ2) is 6.43. The molecule has 1 aliphatic heterocycles. The van der Waals surface area contributed by atoms with Gasteiger partial charge >= 0.3 is 0 Å². The van der Waals surface area contributed by atoms with Gasteiger partial charge in [0.2, 0.25) is 5.52 Å². The lowest BCUT2D eigenvalue weighted by Gasteiger charge is -2.29. The van der Waals surface area contributed by atoms with Gasteiger partial charge in [-0.1, -0.05) is 24.3 Å². The van der Waals surface area contributed by atoms with Crippen molar-refractivity contribution < 1.29 is 14.3 Å². The first-order valence-corrected chi connectivity index (χ1v) is 8.36. The molecule has 25 heavy (non-hydrogen) atoms. The summed E-state index contributed by atoms with van der Waals surface area (Å²) in [7, 11) is 0. The van der Waals surface area contributed by atoms with Crippen LogP contribution in [0, 0.1) is 5.21 Å². The number of pyridine rings is 1. The Bertz CT molecular complexity index is 939. The number of hydrogen-bond acceptors (Lipinski definition) is 3. The van der Waals surface area contributed by atoms with Gasteiger partial charge in [0.05, 0.1) is 5.39 Å². The van der Waals surface area contributed by atoms with Crippen LogP contribution in [0.25, 0.3) is 10.9 Å². The number of carbonyl (C=O) groups excluding carboxylic acids is 1. The molecule has 5 nitrogen and oxygen atoms in total. The summed E-state index contributed by atoms with van der Waals surface area (Å²) in [6.07, 6.45) is 3.39. The van der Waals surface area contributed by atoms with Gasteiger partial charge < -0.3 is 14.8 Å². The monoisotopic (exact) mass is 334 g/mol. The molecule has 1 aromatic heterocycles. The molecule has 126 valence electrons. The van der Waals surface area contributed by atoms with Crippen molar-refractivity contribution in [1.29, 1.82) is 0 Å². The molecular weight excluding hydrogens is 316 g/mol. The Hall–Kier alpha value is -3.08. The molecule has 0 saturated carbocycles. The van der Waals surface area contributed by atoms with E-state index in [-0.39, 0.29) is 12.5 Å². The van der Waals surface area contributed by atoms with Crippen molar-refractivity contribution in [2.45, 2.75) is 12.8 Å². The molecule has 2 aromatic carbocycles. The maximum atomic E-state index is 12.7. The zero-order chi connectivity index (χ0) is 17.2. The summed E-state index contributed by atoms with van der Waals surface area (Å²) in [4.78, 5) is 14.5. The molecule has 0 aliphatic carbocycles. The molecule has 2 heterocycles. The van der Waals surface area contributed by atoms with Crippen LogP contribution in [0.1, 0.15) is 12.0 Å². The van der Waals surface area contributed by atoms with Gasteiger partial charge in [-0.05, 0) is 36.6 Å². The second-order valence-corrected chi connectivity index (χ2v) is 6.09. The van der Waals surface area contributed by atoms with E-state index in [1.165, 1.54) is 11.8 Å². The lowest BCUT2D eigenvalue weighted by molar-refractivity contribution is -0.577. The van der Waals surface area contributed by atoms with Gasteiger partial charge in [-0.15, -0.1) is 0 Å². The minimum Gasteiger partial charge on any atom is -0.618 e. The summed E-state index contributed by atoms with van der Waals surface area (Å²) in [5, 5.41) is 12.5. The maximum absolute atomic E-state index is 12.7.